The minimum absolute atomic E-state index is 0.158. The highest BCUT2D eigenvalue weighted by atomic mass is 16.4. The summed E-state index contributed by atoms with van der Waals surface area (Å²) in [6.45, 7) is 3.70. The van der Waals surface area contributed by atoms with Gasteiger partial charge >= 0.3 is 5.97 Å². The molecule has 1 saturated heterocycles. The summed E-state index contributed by atoms with van der Waals surface area (Å²) in [5.74, 6) is -0.801. The van der Waals surface area contributed by atoms with Crippen LogP contribution in [0.2, 0.25) is 0 Å². The number of benzene rings is 1. The van der Waals surface area contributed by atoms with E-state index in [2.05, 4.69) is 28.4 Å². The summed E-state index contributed by atoms with van der Waals surface area (Å²) in [5, 5.41) is 12.5. The second kappa shape index (κ2) is 5.21. The molecule has 1 fully saturated rings. The molecule has 0 spiro atoms. The van der Waals surface area contributed by atoms with Crippen LogP contribution in [-0.2, 0) is 17.8 Å². The summed E-state index contributed by atoms with van der Waals surface area (Å²) in [6.07, 6.45) is 2.60. The van der Waals surface area contributed by atoms with Crippen molar-refractivity contribution in [3.8, 4) is 0 Å². The number of fused-ring (bicyclic) bond motifs is 1. The predicted molar refractivity (Wildman–Crippen MR) is 74.4 cm³/mol. The van der Waals surface area contributed by atoms with Crippen molar-refractivity contribution < 1.29 is 9.90 Å². The Morgan fingerprint density at radius 2 is 2.11 bits per heavy atom. The van der Waals surface area contributed by atoms with Gasteiger partial charge in [0.05, 0.1) is 5.92 Å². The van der Waals surface area contributed by atoms with Crippen molar-refractivity contribution in [1.29, 1.82) is 0 Å². The molecule has 0 unspecified atom stereocenters. The Morgan fingerprint density at radius 1 is 1.32 bits per heavy atom. The predicted octanol–water partition coefficient (Wildman–Crippen LogP) is 1.63. The van der Waals surface area contributed by atoms with Gasteiger partial charge in [-0.3, -0.25) is 4.79 Å². The summed E-state index contributed by atoms with van der Waals surface area (Å²) in [6, 6.07) is 6.51. The highest BCUT2D eigenvalue weighted by molar-refractivity contribution is 5.70. The molecule has 0 amide bonds. The van der Waals surface area contributed by atoms with E-state index in [9.17, 15) is 4.79 Å². The van der Waals surface area contributed by atoms with Gasteiger partial charge in [0, 0.05) is 25.3 Å². The van der Waals surface area contributed by atoms with Crippen molar-refractivity contribution in [3.05, 3.63) is 29.3 Å². The zero-order valence-corrected chi connectivity index (χ0v) is 11.1. The van der Waals surface area contributed by atoms with Crippen molar-refractivity contribution >= 4 is 11.7 Å². The van der Waals surface area contributed by atoms with E-state index in [1.54, 1.807) is 0 Å². The summed E-state index contributed by atoms with van der Waals surface area (Å²) >= 11 is 0. The average molecular weight is 260 g/mol. The maximum Gasteiger partial charge on any atom is 0.306 e. The highest BCUT2D eigenvalue weighted by Crippen LogP contribution is 2.30. The van der Waals surface area contributed by atoms with Gasteiger partial charge in [-0.2, -0.15) is 0 Å². The quantitative estimate of drug-likeness (QED) is 0.848. The van der Waals surface area contributed by atoms with Gasteiger partial charge in [-0.1, -0.05) is 12.1 Å². The standard InChI is InChI=1S/C15H20N2O2/c18-15(19)12-5-8-17(9-6-12)14-3-1-2-11-4-7-16-10-13(11)14/h1-3,12,16H,4-10H2,(H,18,19). The second-order valence-corrected chi connectivity index (χ2v) is 5.44. The molecule has 1 aromatic carbocycles. The van der Waals surface area contributed by atoms with Crippen LogP contribution in [0, 0.1) is 5.92 Å². The first-order chi connectivity index (χ1) is 9.25. The van der Waals surface area contributed by atoms with E-state index < -0.39 is 5.97 Å². The molecule has 4 nitrogen and oxygen atoms in total. The van der Waals surface area contributed by atoms with Gasteiger partial charge in [0.25, 0.3) is 0 Å². The minimum Gasteiger partial charge on any atom is -0.481 e. The molecule has 0 radical (unpaired) electrons. The Morgan fingerprint density at radius 3 is 2.84 bits per heavy atom. The molecule has 1 aromatic rings. The molecule has 2 N–H and O–H groups in total. The van der Waals surface area contributed by atoms with Crippen LogP contribution in [0.1, 0.15) is 24.0 Å². The maximum atomic E-state index is 11.0. The molecule has 102 valence electrons. The number of aliphatic carboxylic acids is 1. The molecule has 0 aromatic heterocycles. The third-order valence-corrected chi connectivity index (χ3v) is 4.31. The Balaban J connectivity index is 1.78. The van der Waals surface area contributed by atoms with E-state index in [-0.39, 0.29) is 5.92 Å². The number of hydrogen-bond acceptors (Lipinski definition) is 3. The molecule has 0 saturated carbocycles. The monoisotopic (exact) mass is 260 g/mol. The molecule has 2 heterocycles. The number of carbonyl (C=O) groups is 1. The number of nitrogens with zero attached hydrogens (tertiary/aromatic N) is 1. The first-order valence-electron chi connectivity index (χ1n) is 7.05. The Hall–Kier alpha value is -1.55. The number of hydrogen-bond donors (Lipinski definition) is 2. The molecule has 2 aliphatic rings. The number of anilines is 1. The van der Waals surface area contributed by atoms with Gasteiger partial charge in [0.1, 0.15) is 0 Å². The van der Waals surface area contributed by atoms with E-state index in [1.165, 1.54) is 16.8 Å². The van der Waals surface area contributed by atoms with Gasteiger partial charge in [-0.15, -0.1) is 0 Å². The van der Waals surface area contributed by atoms with E-state index in [4.69, 9.17) is 5.11 Å². The van der Waals surface area contributed by atoms with Crippen molar-refractivity contribution in [1.82, 2.24) is 5.32 Å². The zero-order chi connectivity index (χ0) is 13.2. The van der Waals surface area contributed by atoms with Crippen LogP contribution < -0.4 is 10.2 Å². The molecular weight excluding hydrogens is 240 g/mol. The van der Waals surface area contributed by atoms with Crippen LogP contribution in [0.5, 0.6) is 0 Å². The second-order valence-electron chi connectivity index (χ2n) is 5.44. The van der Waals surface area contributed by atoms with Crippen LogP contribution >= 0.6 is 0 Å². The fourth-order valence-electron chi connectivity index (χ4n) is 3.16. The minimum atomic E-state index is -0.642. The molecule has 2 aliphatic heterocycles. The van der Waals surface area contributed by atoms with Crippen LogP contribution in [0.4, 0.5) is 5.69 Å². The molecule has 3 rings (SSSR count). The van der Waals surface area contributed by atoms with Gasteiger partial charge in [0.15, 0.2) is 0 Å². The lowest BCUT2D eigenvalue weighted by Crippen LogP contribution is -2.37. The first kappa shape index (κ1) is 12.5. The van der Waals surface area contributed by atoms with Crippen LogP contribution in [0.25, 0.3) is 0 Å². The van der Waals surface area contributed by atoms with Gasteiger partial charge < -0.3 is 15.3 Å². The summed E-state index contributed by atoms with van der Waals surface area (Å²) in [4.78, 5) is 13.4. The smallest absolute Gasteiger partial charge is 0.306 e. The lowest BCUT2D eigenvalue weighted by atomic mass is 9.94. The molecule has 19 heavy (non-hydrogen) atoms. The third-order valence-electron chi connectivity index (χ3n) is 4.31. The lowest BCUT2D eigenvalue weighted by Gasteiger charge is -2.34. The highest BCUT2D eigenvalue weighted by Gasteiger charge is 2.26. The molecule has 4 heteroatoms. The van der Waals surface area contributed by atoms with Gasteiger partial charge in [-0.05, 0) is 43.0 Å². The fraction of sp³-hybridized carbons (Fsp3) is 0.533. The number of rotatable bonds is 2. The lowest BCUT2D eigenvalue weighted by molar-refractivity contribution is -0.142. The van der Waals surface area contributed by atoms with Crippen LogP contribution in [0.15, 0.2) is 18.2 Å². The maximum absolute atomic E-state index is 11.0. The SMILES string of the molecule is O=C(O)C1CCN(c2cccc3c2CNCC3)CC1. The zero-order valence-electron chi connectivity index (χ0n) is 11.1. The fourth-order valence-corrected chi connectivity index (χ4v) is 3.16. The van der Waals surface area contributed by atoms with E-state index in [1.807, 2.05) is 0 Å². The summed E-state index contributed by atoms with van der Waals surface area (Å²) < 4.78 is 0. The van der Waals surface area contributed by atoms with E-state index in [0.29, 0.717) is 0 Å². The van der Waals surface area contributed by atoms with Crippen molar-refractivity contribution in [2.24, 2.45) is 5.92 Å². The van der Waals surface area contributed by atoms with Gasteiger partial charge in [-0.25, -0.2) is 0 Å². The normalized spacial score (nSPS) is 20.1. The Labute approximate surface area is 113 Å². The molecule has 0 aliphatic carbocycles. The number of piperidine rings is 1. The molecule has 0 atom stereocenters. The summed E-state index contributed by atoms with van der Waals surface area (Å²) in [5.41, 5.74) is 4.15. The Kier molecular flexibility index (Phi) is 3.42. The van der Waals surface area contributed by atoms with Crippen molar-refractivity contribution in [2.75, 3.05) is 24.5 Å². The van der Waals surface area contributed by atoms with Crippen LogP contribution in [0.3, 0.4) is 0 Å². The van der Waals surface area contributed by atoms with Crippen molar-refractivity contribution in [3.63, 3.8) is 0 Å². The van der Waals surface area contributed by atoms with Gasteiger partial charge in [0.2, 0.25) is 0 Å². The number of carboxylic acids is 1. The molecular formula is C15H20N2O2. The summed E-state index contributed by atoms with van der Waals surface area (Å²) in [7, 11) is 0. The third kappa shape index (κ3) is 2.45. The number of carboxylic acid groups (broad SMARTS) is 1. The first-order valence-corrected chi connectivity index (χ1v) is 7.05. The van der Waals surface area contributed by atoms with Crippen molar-refractivity contribution in [2.45, 2.75) is 25.8 Å². The van der Waals surface area contributed by atoms with Crippen LogP contribution in [-0.4, -0.2) is 30.7 Å². The molecule has 0 bridgehead atoms. The van der Waals surface area contributed by atoms with E-state index in [0.717, 1.165) is 45.4 Å². The largest absolute Gasteiger partial charge is 0.481 e. The van der Waals surface area contributed by atoms with E-state index >= 15 is 0 Å². The number of nitrogens with one attached hydrogen (secondary N) is 1. The average Bonchev–Trinajstić information content (AvgIpc) is 2.47. The topological polar surface area (TPSA) is 52.6 Å². The Bertz CT molecular complexity index is 479.